The average molecular weight is 338 g/mol. The molecule has 25 heavy (non-hydrogen) atoms. The van der Waals surface area contributed by atoms with Crippen molar-refractivity contribution in [1.82, 2.24) is 20.2 Å². The molecule has 2 heterocycles. The number of H-pyrrole nitrogens is 1. The Kier molecular flexibility index (Phi) is 3.79. The van der Waals surface area contributed by atoms with Crippen LogP contribution in [0.2, 0.25) is 0 Å². The zero-order valence-corrected chi connectivity index (χ0v) is 13.8. The zero-order valence-electron chi connectivity index (χ0n) is 13.8. The maximum Gasteiger partial charge on any atom is 0.271 e. The molecule has 8 nitrogen and oxygen atoms in total. The molecule has 0 radical (unpaired) electrons. The molecular formula is C17H18N6O2. The van der Waals surface area contributed by atoms with E-state index in [0.29, 0.717) is 36.0 Å². The molecule has 1 saturated carbocycles. The molecule has 0 spiro atoms. The van der Waals surface area contributed by atoms with Gasteiger partial charge in [0.15, 0.2) is 5.82 Å². The Morgan fingerprint density at radius 1 is 1.32 bits per heavy atom. The first-order valence-corrected chi connectivity index (χ1v) is 8.28. The number of amides is 2. The largest absolute Gasteiger partial charge is 0.321 e. The Hall–Kier alpha value is -3.03. The second-order valence-electron chi connectivity index (χ2n) is 6.32. The molecule has 1 aromatic carbocycles. The Labute approximate surface area is 144 Å². The van der Waals surface area contributed by atoms with E-state index in [4.69, 9.17) is 0 Å². The molecule has 1 aliphatic heterocycles. The Balaban J connectivity index is 1.50. The number of hydrogen-bond acceptors (Lipinski definition) is 5. The standard InChI is InChI=1S/C17H18N6O2/c1-23-14(24)8-7-13(22-23)17(25)18-12-4-2-3-11(9-12)16-19-15(20-21-16)10-5-6-10/h2-4,9-10H,5-8H2,1H3,(H,18,25)(H,19,20,21). The van der Waals surface area contributed by atoms with E-state index in [1.54, 1.807) is 13.1 Å². The highest BCUT2D eigenvalue weighted by atomic mass is 16.2. The van der Waals surface area contributed by atoms with Gasteiger partial charge in [-0.15, -0.1) is 0 Å². The van der Waals surface area contributed by atoms with E-state index in [1.165, 1.54) is 5.01 Å². The van der Waals surface area contributed by atoms with Gasteiger partial charge in [0.25, 0.3) is 5.91 Å². The van der Waals surface area contributed by atoms with Crippen molar-refractivity contribution in [2.24, 2.45) is 5.10 Å². The lowest BCUT2D eigenvalue weighted by atomic mass is 10.1. The molecule has 2 amide bonds. The third-order valence-electron chi connectivity index (χ3n) is 4.31. The molecule has 1 aromatic heterocycles. The van der Waals surface area contributed by atoms with E-state index in [9.17, 15) is 9.59 Å². The molecule has 1 aliphatic carbocycles. The molecule has 1 fully saturated rings. The minimum absolute atomic E-state index is 0.0883. The molecule has 0 saturated heterocycles. The number of benzene rings is 1. The van der Waals surface area contributed by atoms with E-state index < -0.39 is 0 Å². The summed E-state index contributed by atoms with van der Waals surface area (Å²) in [4.78, 5) is 28.3. The van der Waals surface area contributed by atoms with Gasteiger partial charge in [-0.2, -0.15) is 10.2 Å². The fourth-order valence-corrected chi connectivity index (χ4v) is 2.71. The summed E-state index contributed by atoms with van der Waals surface area (Å²) in [6, 6.07) is 7.38. The molecule has 2 aliphatic rings. The summed E-state index contributed by atoms with van der Waals surface area (Å²) in [5.74, 6) is 1.67. The van der Waals surface area contributed by atoms with Crippen LogP contribution in [-0.4, -0.2) is 44.8 Å². The van der Waals surface area contributed by atoms with Gasteiger partial charge in [-0.25, -0.2) is 9.99 Å². The molecule has 0 atom stereocenters. The zero-order chi connectivity index (χ0) is 17.4. The van der Waals surface area contributed by atoms with E-state index >= 15 is 0 Å². The first kappa shape index (κ1) is 15.5. The van der Waals surface area contributed by atoms with Crippen molar-refractivity contribution in [3.8, 4) is 11.4 Å². The summed E-state index contributed by atoms with van der Waals surface area (Å²) in [6.45, 7) is 0. The number of carbonyl (C=O) groups is 2. The van der Waals surface area contributed by atoms with Crippen molar-refractivity contribution in [1.29, 1.82) is 0 Å². The molecule has 2 N–H and O–H groups in total. The molecular weight excluding hydrogens is 320 g/mol. The van der Waals surface area contributed by atoms with E-state index in [-0.39, 0.29) is 11.8 Å². The highest BCUT2D eigenvalue weighted by molar-refractivity contribution is 6.43. The van der Waals surface area contributed by atoms with Crippen LogP contribution in [0.3, 0.4) is 0 Å². The normalized spacial score (nSPS) is 17.4. The number of hydrazone groups is 1. The number of nitrogens with zero attached hydrogens (tertiary/aromatic N) is 4. The lowest BCUT2D eigenvalue weighted by molar-refractivity contribution is -0.130. The average Bonchev–Trinajstić information content (AvgIpc) is 3.34. The smallest absolute Gasteiger partial charge is 0.271 e. The monoisotopic (exact) mass is 338 g/mol. The lowest BCUT2D eigenvalue weighted by Crippen LogP contribution is -2.34. The molecule has 2 aromatic rings. The predicted octanol–water partition coefficient (Wildman–Crippen LogP) is 1.90. The summed E-state index contributed by atoms with van der Waals surface area (Å²) in [5.41, 5.74) is 1.82. The molecule has 128 valence electrons. The number of anilines is 1. The highest BCUT2D eigenvalue weighted by Gasteiger charge is 2.27. The second-order valence-corrected chi connectivity index (χ2v) is 6.32. The van der Waals surface area contributed by atoms with Crippen LogP contribution in [-0.2, 0) is 9.59 Å². The van der Waals surface area contributed by atoms with Crippen molar-refractivity contribution in [2.75, 3.05) is 12.4 Å². The quantitative estimate of drug-likeness (QED) is 0.888. The van der Waals surface area contributed by atoms with Crippen LogP contribution in [0.5, 0.6) is 0 Å². The van der Waals surface area contributed by atoms with Crippen LogP contribution in [0, 0.1) is 0 Å². The first-order chi connectivity index (χ1) is 12.1. The summed E-state index contributed by atoms with van der Waals surface area (Å²) < 4.78 is 0. The molecule has 0 bridgehead atoms. The fourth-order valence-electron chi connectivity index (χ4n) is 2.71. The topological polar surface area (TPSA) is 103 Å². The number of aromatic nitrogens is 3. The Morgan fingerprint density at radius 3 is 2.92 bits per heavy atom. The van der Waals surface area contributed by atoms with Gasteiger partial charge in [0.2, 0.25) is 5.91 Å². The van der Waals surface area contributed by atoms with Gasteiger partial charge < -0.3 is 5.32 Å². The van der Waals surface area contributed by atoms with E-state index in [2.05, 4.69) is 25.6 Å². The van der Waals surface area contributed by atoms with E-state index in [0.717, 1.165) is 24.2 Å². The van der Waals surface area contributed by atoms with Gasteiger partial charge in [-0.3, -0.25) is 14.7 Å². The van der Waals surface area contributed by atoms with Crippen LogP contribution in [0.25, 0.3) is 11.4 Å². The Morgan fingerprint density at radius 2 is 2.16 bits per heavy atom. The van der Waals surface area contributed by atoms with Gasteiger partial charge in [-0.1, -0.05) is 12.1 Å². The highest BCUT2D eigenvalue weighted by Crippen LogP contribution is 2.38. The molecule has 4 rings (SSSR count). The minimum Gasteiger partial charge on any atom is -0.321 e. The van der Waals surface area contributed by atoms with Gasteiger partial charge in [0.1, 0.15) is 11.5 Å². The van der Waals surface area contributed by atoms with Crippen molar-refractivity contribution >= 4 is 23.2 Å². The van der Waals surface area contributed by atoms with Crippen LogP contribution < -0.4 is 5.32 Å². The maximum atomic E-state index is 12.4. The van der Waals surface area contributed by atoms with Crippen LogP contribution in [0.4, 0.5) is 5.69 Å². The summed E-state index contributed by atoms with van der Waals surface area (Å²) in [7, 11) is 1.55. The third kappa shape index (κ3) is 3.28. The summed E-state index contributed by atoms with van der Waals surface area (Å²) >= 11 is 0. The van der Waals surface area contributed by atoms with Crippen molar-refractivity contribution in [3.05, 3.63) is 30.1 Å². The van der Waals surface area contributed by atoms with Crippen LogP contribution in [0.15, 0.2) is 29.4 Å². The maximum absolute atomic E-state index is 12.4. The van der Waals surface area contributed by atoms with Crippen molar-refractivity contribution < 1.29 is 9.59 Å². The number of aromatic amines is 1. The SMILES string of the molecule is CN1N=C(C(=O)Nc2cccc(-c3n[nH]c(C4CC4)n3)c2)CCC1=O. The Bertz CT molecular complexity index is 868. The number of hydrogen-bond donors (Lipinski definition) is 2. The van der Waals surface area contributed by atoms with Crippen molar-refractivity contribution in [3.63, 3.8) is 0 Å². The molecule has 0 unspecified atom stereocenters. The van der Waals surface area contributed by atoms with Crippen molar-refractivity contribution in [2.45, 2.75) is 31.6 Å². The summed E-state index contributed by atoms with van der Waals surface area (Å²) in [6.07, 6.45) is 2.96. The number of nitrogens with one attached hydrogen (secondary N) is 2. The van der Waals surface area contributed by atoms with Gasteiger partial charge >= 0.3 is 0 Å². The van der Waals surface area contributed by atoms with Gasteiger partial charge in [-0.05, 0) is 25.0 Å². The number of carbonyl (C=O) groups excluding carboxylic acids is 2. The minimum atomic E-state index is -0.301. The number of rotatable bonds is 4. The van der Waals surface area contributed by atoms with Crippen LogP contribution in [0.1, 0.15) is 37.4 Å². The van der Waals surface area contributed by atoms with Gasteiger partial charge in [0.05, 0.1) is 0 Å². The fraction of sp³-hybridized carbons (Fsp3) is 0.353. The predicted molar refractivity (Wildman–Crippen MR) is 91.9 cm³/mol. The third-order valence-corrected chi connectivity index (χ3v) is 4.31. The molecule has 8 heteroatoms. The first-order valence-electron chi connectivity index (χ1n) is 8.28. The van der Waals surface area contributed by atoms with Crippen LogP contribution >= 0.6 is 0 Å². The summed E-state index contributed by atoms with van der Waals surface area (Å²) in [5, 5.41) is 15.3. The van der Waals surface area contributed by atoms with E-state index in [1.807, 2.05) is 18.2 Å². The second kappa shape index (κ2) is 6.12. The lowest BCUT2D eigenvalue weighted by Gasteiger charge is -2.18. The van der Waals surface area contributed by atoms with Gasteiger partial charge in [0, 0.05) is 37.1 Å².